The SMILES string of the molecule is COc1ccc(C(O)CN(C)S(=O)(=O)CCc2ccccc2F)cc1OC. The molecule has 0 radical (unpaired) electrons. The van der Waals surface area contributed by atoms with E-state index in [-0.39, 0.29) is 18.7 Å². The molecular formula is C19H24FNO5S. The van der Waals surface area contributed by atoms with Crippen LogP contribution in [0.25, 0.3) is 0 Å². The number of methoxy groups -OCH3 is 2. The molecule has 1 unspecified atom stereocenters. The highest BCUT2D eigenvalue weighted by molar-refractivity contribution is 7.89. The van der Waals surface area contributed by atoms with Crippen LogP contribution in [-0.2, 0) is 16.4 Å². The van der Waals surface area contributed by atoms with Gasteiger partial charge in [-0.2, -0.15) is 0 Å². The Kier molecular flexibility index (Phi) is 7.18. The van der Waals surface area contributed by atoms with Crippen molar-refractivity contribution in [1.82, 2.24) is 4.31 Å². The van der Waals surface area contributed by atoms with E-state index in [1.165, 1.54) is 27.3 Å². The molecule has 0 aliphatic rings. The Morgan fingerprint density at radius 2 is 1.78 bits per heavy atom. The fraction of sp³-hybridized carbons (Fsp3) is 0.368. The molecule has 8 heteroatoms. The van der Waals surface area contributed by atoms with Crippen molar-refractivity contribution < 1.29 is 27.4 Å². The van der Waals surface area contributed by atoms with Crippen LogP contribution in [0.5, 0.6) is 11.5 Å². The number of hydrogen-bond acceptors (Lipinski definition) is 5. The summed E-state index contributed by atoms with van der Waals surface area (Å²) in [5.74, 6) is 0.280. The third-order valence-corrected chi connectivity index (χ3v) is 6.10. The minimum Gasteiger partial charge on any atom is -0.493 e. The van der Waals surface area contributed by atoms with E-state index in [2.05, 4.69) is 0 Å². The van der Waals surface area contributed by atoms with Gasteiger partial charge in [-0.3, -0.25) is 0 Å². The molecule has 2 aromatic rings. The van der Waals surface area contributed by atoms with Gasteiger partial charge in [-0.05, 0) is 35.7 Å². The van der Waals surface area contributed by atoms with Gasteiger partial charge in [0.2, 0.25) is 10.0 Å². The van der Waals surface area contributed by atoms with Crippen LogP contribution >= 0.6 is 0 Å². The molecule has 6 nitrogen and oxygen atoms in total. The Hall–Kier alpha value is -2.16. The van der Waals surface area contributed by atoms with Gasteiger partial charge in [-0.25, -0.2) is 17.1 Å². The van der Waals surface area contributed by atoms with Crippen LogP contribution in [0.2, 0.25) is 0 Å². The number of halogens is 1. The summed E-state index contributed by atoms with van der Waals surface area (Å²) < 4.78 is 50.0. The van der Waals surface area contributed by atoms with Crippen molar-refractivity contribution in [1.29, 1.82) is 0 Å². The molecule has 0 amide bonds. The summed E-state index contributed by atoms with van der Waals surface area (Å²) in [7, 11) is 0.717. The fourth-order valence-corrected chi connectivity index (χ4v) is 3.78. The largest absolute Gasteiger partial charge is 0.493 e. The average molecular weight is 397 g/mol. The molecule has 2 aromatic carbocycles. The van der Waals surface area contributed by atoms with Gasteiger partial charge >= 0.3 is 0 Å². The number of aliphatic hydroxyl groups is 1. The molecule has 0 bridgehead atoms. The van der Waals surface area contributed by atoms with Gasteiger partial charge in [-0.1, -0.05) is 24.3 Å². The van der Waals surface area contributed by atoms with Crippen LogP contribution in [0.15, 0.2) is 42.5 Å². The second kappa shape index (κ2) is 9.16. The zero-order chi connectivity index (χ0) is 20.0. The number of sulfonamides is 1. The molecule has 0 saturated carbocycles. The van der Waals surface area contributed by atoms with E-state index in [0.29, 0.717) is 22.6 Å². The predicted molar refractivity (Wildman–Crippen MR) is 101 cm³/mol. The van der Waals surface area contributed by atoms with E-state index >= 15 is 0 Å². The Bertz CT molecular complexity index is 872. The highest BCUT2D eigenvalue weighted by Crippen LogP contribution is 2.30. The molecule has 0 aliphatic heterocycles. The molecule has 27 heavy (non-hydrogen) atoms. The zero-order valence-electron chi connectivity index (χ0n) is 15.6. The first kappa shape index (κ1) is 21.1. The molecular weight excluding hydrogens is 373 g/mol. The van der Waals surface area contributed by atoms with Crippen molar-refractivity contribution in [2.75, 3.05) is 33.6 Å². The number of rotatable bonds is 9. The molecule has 2 rings (SSSR count). The standard InChI is InChI=1S/C19H24FNO5S/c1-21(27(23,24)11-10-14-6-4-5-7-16(14)20)13-17(22)15-8-9-18(25-2)19(12-15)26-3/h4-9,12,17,22H,10-11,13H2,1-3H3. The number of hydrogen-bond donors (Lipinski definition) is 1. The number of ether oxygens (including phenoxy) is 2. The van der Waals surface area contributed by atoms with Gasteiger partial charge in [0.15, 0.2) is 11.5 Å². The summed E-state index contributed by atoms with van der Waals surface area (Å²) in [6.45, 7) is -0.130. The maximum Gasteiger partial charge on any atom is 0.214 e. The predicted octanol–water partition coefficient (Wildman–Crippen LogP) is 2.38. The van der Waals surface area contributed by atoms with Crippen molar-refractivity contribution in [2.24, 2.45) is 0 Å². The summed E-state index contributed by atoms with van der Waals surface area (Å²) >= 11 is 0. The number of aliphatic hydroxyl groups excluding tert-OH is 1. The first-order valence-corrected chi connectivity index (χ1v) is 9.96. The van der Waals surface area contributed by atoms with Crippen molar-refractivity contribution in [2.45, 2.75) is 12.5 Å². The van der Waals surface area contributed by atoms with Crippen molar-refractivity contribution >= 4 is 10.0 Å². The average Bonchev–Trinajstić information content (AvgIpc) is 2.66. The molecule has 148 valence electrons. The van der Waals surface area contributed by atoms with Crippen molar-refractivity contribution in [3.05, 3.63) is 59.4 Å². The number of aryl methyl sites for hydroxylation is 1. The molecule has 1 atom stereocenters. The molecule has 0 aliphatic carbocycles. The van der Waals surface area contributed by atoms with E-state index in [9.17, 15) is 17.9 Å². The highest BCUT2D eigenvalue weighted by Gasteiger charge is 2.22. The summed E-state index contributed by atoms with van der Waals surface area (Å²) in [6, 6.07) is 11.0. The first-order chi connectivity index (χ1) is 12.8. The molecule has 0 aromatic heterocycles. The second-order valence-corrected chi connectivity index (χ2v) is 8.26. The molecule has 0 saturated heterocycles. The zero-order valence-corrected chi connectivity index (χ0v) is 16.4. The van der Waals surface area contributed by atoms with Gasteiger partial charge in [0.25, 0.3) is 0 Å². The first-order valence-electron chi connectivity index (χ1n) is 8.36. The maximum absolute atomic E-state index is 13.7. The van der Waals surface area contributed by atoms with Crippen molar-refractivity contribution in [3.63, 3.8) is 0 Å². The van der Waals surface area contributed by atoms with E-state index in [0.717, 1.165) is 4.31 Å². The van der Waals surface area contributed by atoms with Crippen LogP contribution in [0, 0.1) is 5.82 Å². The fourth-order valence-electron chi connectivity index (χ4n) is 2.62. The summed E-state index contributed by atoms with van der Waals surface area (Å²) in [5.41, 5.74) is 0.846. The van der Waals surface area contributed by atoms with Crippen LogP contribution in [0.3, 0.4) is 0 Å². The summed E-state index contributed by atoms with van der Waals surface area (Å²) in [6.07, 6.45) is -0.982. The number of likely N-dealkylation sites (N-methyl/N-ethyl adjacent to an activating group) is 1. The molecule has 0 spiro atoms. The van der Waals surface area contributed by atoms with Crippen LogP contribution < -0.4 is 9.47 Å². The van der Waals surface area contributed by atoms with E-state index in [1.54, 1.807) is 36.4 Å². The van der Waals surface area contributed by atoms with E-state index in [1.807, 2.05) is 0 Å². The van der Waals surface area contributed by atoms with Gasteiger partial charge in [0.1, 0.15) is 5.82 Å². The Labute approximate surface area is 159 Å². The smallest absolute Gasteiger partial charge is 0.214 e. The quantitative estimate of drug-likeness (QED) is 0.703. The van der Waals surface area contributed by atoms with Crippen LogP contribution in [-0.4, -0.2) is 51.4 Å². The third kappa shape index (κ3) is 5.41. The Morgan fingerprint density at radius 1 is 1.11 bits per heavy atom. The highest BCUT2D eigenvalue weighted by atomic mass is 32.2. The Balaban J connectivity index is 2.04. The maximum atomic E-state index is 13.7. The number of nitrogens with zero attached hydrogens (tertiary/aromatic N) is 1. The topological polar surface area (TPSA) is 76.1 Å². The van der Waals surface area contributed by atoms with Gasteiger partial charge in [0, 0.05) is 13.6 Å². The van der Waals surface area contributed by atoms with Crippen LogP contribution in [0.4, 0.5) is 4.39 Å². The Morgan fingerprint density at radius 3 is 2.41 bits per heavy atom. The normalized spacial score (nSPS) is 12.8. The second-order valence-electron chi connectivity index (χ2n) is 6.07. The molecule has 0 heterocycles. The lowest BCUT2D eigenvalue weighted by Gasteiger charge is -2.21. The van der Waals surface area contributed by atoms with Crippen LogP contribution in [0.1, 0.15) is 17.2 Å². The van der Waals surface area contributed by atoms with Gasteiger partial charge in [0.05, 0.1) is 26.1 Å². The minimum absolute atomic E-state index is 0.0613. The van der Waals surface area contributed by atoms with Gasteiger partial charge in [-0.15, -0.1) is 0 Å². The third-order valence-electron chi connectivity index (χ3n) is 4.28. The molecule has 1 N–H and O–H groups in total. The molecule has 0 fully saturated rings. The van der Waals surface area contributed by atoms with Gasteiger partial charge < -0.3 is 14.6 Å². The summed E-state index contributed by atoms with van der Waals surface area (Å²) in [5, 5.41) is 10.4. The monoisotopic (exact) mass is 397 g/mol. The summed E-state index contributed by atoms with van der Waals surface area (Å²) in [4.78, 5) is 0. The number of benzene rings is 2. The van der Waals surface area contributed by atoms with Crippen molar-refractivity contribution in [3.8, 4) is 11.5 Å². The lowest BCUT2D eigenvalue weighted by molar-refractivity contribution is 0.154. The lowest BCUT2D eigenvalue weighted by Crippen LogP contribution is -2.33. The minimum atomic E-state index is -3.66. The van der Waals surface area contributed by atoms with E-state index in [4.69, 9.17) is 9.47 Å². The lowest BCUT2D eigenvalue weighted by atomic mass is 10.1. The van der Waals surface area contributed by atoms with E-state index < -0.39 is 21.9 Å².